The van der Waals surface area contributed by atoms with Gasteiger partial charge >= 0.3 is 0 Å². The van der Waals surface area contributed by atoms with Gasteiger partial charge in [0.05, 0.1) is 11.5 Å². The van der Waals surface area contributed by atoms with Gasteiger partial charge in [0.2, 0.25) is 0 Å². The Hall–Kier alpha value is -2.38. The molecular formula is C22H20O. The van der Waals surface area contributed by atoms with Crippen molar-refractivity contribution in [2.75, 3.05) is 0 Å². The number of aliphatic hydroxyl groups is 1. The third-order valence-corrected chi connectivity index (χ3v) is 5.24. The van der Waals surface area contributed by atoms with Crippen LogP contribution in [0.25, 0.3) is 0 Å². The van der Waals surface area contributed by atoms with Gasteiger partial charge in [-0.25, -0.2) is 0 Å². The molecule has 0 aromatic heterocycles. The number of benzene rings is 3. The molecule has 3 aromatic carbocycles. The third-order valence-electron chi connectivity index (χ3n) is 5.24. The second kappa shape index (κ2) is 5.68. The summed E-state index contributed by atoms with van der Waals surface area (Å²) in [6.07, 6.45) is 0.436. The normalized spacial score (nSPS) is 22.3. The molecule has 4 rings (SSSR count). The number of hydrogen-bond donors (Lipinski definition) is 1. The molecule has 1 fully saturated rings. The SMILES string of the molecule is O[C@H]1C[C@H](c2ccccc2)C1(c1ccccc1)c1ccccc1. The zero-order valence-corrected chi connectivity index (χ0v) is 13.0. The van der Waals surface area contributed by atoms with Crippen LogP contribution in [0.15, 0.2) is 91.0 Å². The first-order valence-corrected chi connectivity index (χ1v) is 8.17. The molecule has 23 heavy (non-hydrogen) atoms. The lowest BCUT2D eigenvalue weighted by molar-refractivity contribution is -0.00588. The number of hydrogen-bond acceptors (Lipinski definition) is 1. The van der Waals surface area contributed by atoms with Crippen molar-refractivity contribution in [2.45, 2.75) is 23.9 Å². The first-order valence-electron chi connectivity index (χ1n) is 8.17. The molecular weight excluding hydrogens is 280 g/mol. The summed E-state index contributed by atoms with van der Waals surface area (Å²) in [5.41, 5.74) is 3.33. The van der Waals surface area contributed by atoms with Gasteiger partial charge in [0.1, 0.15) is 0 Å². The van der Waals surface area contributed by atoms with Crippen LogP contribution in [0.3, 0.4) is 0 Å². The molecule has 0 amide bonds. The highest BCUT2D eigenvalue weighted by Gasteiger charge is 2.56. The van der Waals surface area contributed by atoms with Gasteiger partial charge < -0.3 is 5.11 Å². The predicted octanol–water partition coefficient (Wildman–Crippen LogP) is 4.52. The average molecular weight is 300 g/mol. The number of rotatable bonds is 3. The van der Waals surface area contributed by atoms with Crippen molar-refractivity contribution in [1.29, 1.82) is 0 Å². The molecule has 1 heteroatoms. The topological polar surface area (TPSA) is 20.2 Å². The van der Waals surface area contributed by atoms with Crippen LogP contribution in [0, 0.1) is 0 Å². The van der Waals surface area contributed by atoms with Gasteiger partial charge in [0.15, 0.2) is 0 Å². The molecule has 3 aromatic rings. The predicted molar refractivity (Wildman–Crippen MR) is 93.5 cm³/mol. The highest BCUT2D eigenvalue weighted by Crippen LogP contribution is 2.58. The maximum atomic E-state index is 10.9. The molecule has 114 valence electrons. The van der Waals surface area contributed by atoms with Gasteiger partial charge in [-0.1, -0.05) is 91.0 Å². The van der Waals surface area contributed by atoms with Crippen molar-refractivity contribution in [3.63, 3.8) is 0 Å². The van der Waals surface area contributed by atoms with E-state index >= 15 is 0 Å². The van der Waals surface area contributed by atoms with E-state index in [1.165, 1.54) is 16.7 Å². The Labute approximate surface area is 137 Å². The Balaban J connectivity index is 1.92. The quantitative estimate of drug-likeness (QED) is 0.754. The summed E-state index contributed by atoms with van der Waals surface area (Å²) in [5.74, 6) is 0.295. The zero-order chi connectivity index (χ0) is 15.7. The lowest BCUT2D eigenvalue weighted by atomic mass is 9.50. The van der Waals surface area contributed by atoms with Crippen molar-refractivity contribution in [3.8, 4) is 0 Å². The van der Waals surface area contributed by atoms with Gasteiger partial charge in [-0.05, 0) is 23.1 Å². The second-order valence-electron chi connectivity index (χ2n) is 6.32. The molecule has 1 N–H and O–H groups in total. The standard InChI is InChI=1S/C22H20O/c23-21-16-20(17-10-4-1-5-11-17)22(21,18-12-6-2-7-13-18)19-14-8-3-9-15-19/h1-15,20-21,23H,16H2/t20-,21+/m1/s1. The zero-order valence-electron chi connectivity index (χ0n) is 13.0. The summed E-state index contributed by atoms with van der Waals surface area (Å²) >= 11 is 0. The van der Waals surface area contributed by atoms with E-state index in [9.17, 15) is 5.11 Å². The minimum atomic E-state index is -0.363. The Morgan fingerprint density at radius 1 is 0.652 bits per heavy atom. The first kappa shape index (κ1) is 14.2. The third kappa shape index (κ3) is 2.12. The molecule has 0 saturated heterocycles. The van der Waals surface area contributed by atoms with Gasteiger partial charge in [-0.3, -0.25) is 0 Å². The maximum Gasteiger partial charge on any atom is 0.0689 e. The molecule has 0 bridgehead atoms. The van der Waals surface area contributed by atoms with Gasteiger partial charge in [-0.15, -0.1) is 0 Å². The van der Waals surface area contributed by atoms with E-state index in [2.05, 4.69) is 72.8 Å². The van der Waals surface area contributed by atoms with E-state index in [0.29, 0.717) is 5.92 Å². The monoisotopic (exact) mass is 300 g/mol. The van der Waals surface area contributed by atoms with Crippen LogP contribution < -0.4 is 0 Å². The van der Waals surface area contributed by atoms with E-state index in [-0.39, 0.29) is 11.5 Å². The highest BCUT2D eigenvalue weighted by atomic mass is 16.3. The molecule has 1 aliphatic rings. The van der Waals surface area contributed by atoms with Crippen molar-refractivity contribution in [3.05, 3.63) is 108 Å². The van der Waals surface area contributed by atoms with E-state index in [1.54, 1.807) is 0 Å². The van der Waals surface area contributed by atoms with E-state index in [4.69, 9.17) is 0 Å². The Morgan fingerprint density at radius 3 is 1.52 bits per heavy atom. The van der Waals surface area contributed by atoms with E-state index in [1.807, 2.05) is 18.2 Å². The Kier molecular flexibility index (Phi) is 3.51. The van der Waals surface area contributed by atoms with Crippen LogP contribution >= 0.6 is 0 Å². The van der Waals surface area contributed by atoms with Crippen LogP contribution in [-0.4, -0.2) is 11.2 Å². The summed E-state index contributed by atoms with van der Waals surface area (Å²) in [6.45, 7) is 0. The maximum absolute atomic E-state index is 10.9. The van der Waals surface area contributed by atoms with Crippen LogP contribution in [0.1, 0.15) is 29.0 Å². The molecule has 2 atom stereocenters. The lowest BCUT2D eigenvalue weighted by Gasteiger charge is -2.55. The van der Waals surface area contributed by atoms with E-state index < -0.39 is 0 Å². The van der Waals surface area contributed by atoms with Crippen LogP contribution in [0.4, 0.5) is 0 Å². The molecule has 0 unspecified atom stereocenters. The Morgan fingerprint density at radius 2 is 1.09 bits per heavy atom. The molecule has 0 heterocycles. The minimum absolute atomic E-state index is 0.295. The highest BCUT2D eigenvalue weighted by molar-refractivity contribution is 5.50. The van der Waals surface area contributed by atoms with E-state index in [0.717, 1.165) is 6.42 Å². The second-order valence-corrected chi connectivity index (χ2v) is 6.32. The van der Waals surface area contributed by atoms with Crippen molar-refractivity contribution < 1.29 is 5.11 Å². The van der Waals surface area contributed by atoms with Crippen LogP contribution in [0.2, 0.25) is 0 Å². The summed E-state index contributed by atoms with van der Waals surface area (Å²) < 4.78 is 0. The summed E-state index contributed by atoms with van der Waals surface area (Å²) in [7, 11) is 0. The van der Waals surface area contributed by atoms with Crippen molar-refractivity contribution in [2.24, 2.45) is 0 Å². The van der Waals surface area contributed by atoms with Gasteiger partial charge in [0, 0.05) is 5.92 Å². The fraction of sp³-hybridized carbons (Fsp3) is 0.182. The minimum Gasteiger partial charge on any atom is -0.392 e. The van der Waals surface area contributed by atoms with Gasteiger partial charge in [0.25, 0.3) is 0 Å². The fourth-order valence-corrected chi connectivity index (χ4v) is 4.13. The molecule has 1 aliphatic carbocycles. The summed E-state index contributed by atoms with van der Waals surface area (Å²) in [6, 6.07) is 31.5. The average Bonchev–Trinajstić information content (AvgIpc) is 2.62. The smallest absolute Gasteiger partial charge is 0.0689 e. The van der Waals surface area contributed by atoms with Crippen molar-refractivity contribution in [1.82, 2.24) is 0 Å². The molecule has 0 aliphatic heterocycles. The summed E-state index contributed by atoms with van der Waals surface area (Å²) in [5, 5.41) is 10.9. The molecule has 1 saturated carbocycles. The Bertz CT molecular complexity index is 725. The number of aliphatic hydroxyl groups excluding tert-OH is 1. The largest absolute Gasteiger partial charge is 0.392 e. The van der Waals surface area contributed by atoms with Gasteiger partial charge in [-0.2, -0.15) is 0 Å². The molecule has 0 radical (unpaired) electrons. The van der Waals surface area contributed by atoms with Crippen molar-refractivity contribution >= 4 is 0 Å². The van der Waals surface area contributed by atoms with Crippen LogP contribution in [-0.2, 0) is 5.41 Å². The summed E-state index contributed by atoms with van der Waals surface area (Å²) in [4.78, 5) is 0. The fourth-order valence-electron chi connectivity index (χ4n) is 4.13. The van der Waals surface area contributed by atoms with Crippen LogP contribution in [0.5, 0.6) is 0 Å². The molecule has 0 spiro atoms. The molecule has 1 nitrogen and oxygen atoms in total. The lowest BCUT2D eigenvalue weighted by Crippen LogP contribution is -2.56. The first-order chi connectivity index (χ1) is 11.3.